The number of amides is 4. The van der Waals surface area contributed by atoms with Crippen LogP contribution in [0.15, 0.2) is 30.3 Å². The molecule has 1 saturated carbocycles. The van der Waals surface area contributed by atoms with E-state index in [4.69, 9.17) is 0 Å². The Morgan fingerprint density at radius 2 is 2.00 bits per heavy atom. The van der Waals surface area contributed by atoms with Crippen LogP contribution in [-0.4, -0.2) is 35.3 Å². The Morgan fingerprint density at radius 3 is 2.60 bits per heavy atom. The lowest BCUT2D eigenvalue weighted by Crippen LogP contribution is -2.46. The van der Waals surface area contributed by atoms with Gasteiger partial charge in [-0.3, -0.25) is 14.5 Å². The fourth-order valence-electron chi connectivity index (χ4n) is 3.53. The van der Waals surface area contributed by atoms with E-state index in [9.17, 15) is 14.4 Å². The molecule has 6 nitrogen and oxygen atoms in total. The molecular weight excluding hydrogens is 318 g/mol. The van der Waals surface area contributed by atoms with Crippen molar-refractivity contribution in [1.29, 1.82) is 0 Å². The van der Waals surface area contributed by atoms with Gasteiger partial charge >= 0.3 is 6.03 Å². The summed E-state index contributed by atoms with van der Waals surface area (Å²) in [6, 6.07) is 8.82. The van der Waals surface area contributed by atoms with E-state index >= 15 is 0 Å². The minimum absolute atomic E-state index is 0.0859. The molecule has 1 heterocycles. The van der Waals surface area contributed by atoms with Crippen molar-refractivity contribution in [3.63, 3.8) is 0 Å². The van der Waals surface area contributed by atoms with Crippen LogP contribution >= 0.6 is 0 Å². The summed E-state index contributed by atoms with van der Waals surface area (Å²) in [6.07, 6.45) is 3.48. The Hall–Kier alpha value is -2.37. The number of imide groups is 1. The van der Waals surface area contributed by atoms with Crippen LogP contribution in [0.4, 0.5) is 4.79 Å². The lowest BCUT2D eigenvalue weighted by Gasteiger charge is -2.27. The van der Waals surface area contributed by atoms with Crippen molar-refractivity contribution in [1.82, 2.24) is 15.5 Å². The standard InChI is InChI=1S/C19H25N3O3/c1-3-11-19(15-7-5-4-6-8-15)17(24)22(18(25)21-19)12-16(23)20-13(2)14-9-10-14/h4-8,13-14H,3,9-12H2,1-2H3,(H,20,23)(H,21,25)/t13-,19+/m0/s1. The molecule has 0 aromatic heterocycles. The maximum atomic E-state index is 13.1. The molecular formula is C19H25N3O3. The predicted molar refractivity (Wildman–Crippen MR) is 93.6 cm³/mol. The van der Waals surface area contributed by atoms with Crippen LogP contribution in [0.25, 0.3) is 0 Å². The Bertz CT molecular complexity index is 672. The molecule has 2 atom stereocenters. The molecule has 1 saturated heterocycles. The highest BCUT2D eigenvalue weighted by molar-refractivity contribution is 6.09. The van der Waals surface area contributed by atoms with E-state index in [-0.39, 0.29) is 24.4 Å². The molecule has 6 heteroatoms. The van der Waals surface area contributed by atoms with E-state index in [1.807, 2.05) is 44.2 Å². The van der Waals surface area contributed by atoms with Gasteiger partial charge in [-0.1, -0.05) is 43.7 Å². The van der Waals surface area contributed by atoms with Gasteiger partial charge in [0.2, 0.25) is 5.91 Å². The van der Waals surface area contributed by atoms with E-state index in [1.54, 1.807) is 0 Å². The van der Waals surface area contributed by atoms with Crippen LogP contribution in [0.3, 0.4) is 0 Å². The van der Waals surface area contributed by atoms with Gasteiger partial charge in [0, 0.05) is 6.04 Å². The predicted octanol–water partition coefficient (Wildman–Crippen LogP) is 2.15. The van der Waals surface area contributed by atoms with Gasteiger partial charge in [-0.15, -0.1) is 0 Å². The third-order valence-electron chi connectivity index (χ3n) is 5.09. The summed E-state index contributed by atoms with van der Waals surface area (Å²) < 4.78 is 0. The highest BCUT2D eigenvalue weighted by atomic mass is 16.2. The zero-order valence-corrected chi connectivity index (χ0v) is 14.7. The zero-order valence-electron chi connectivity index (χ0n) is 14.7. The molecule has 1 aromatic carbocycles. The lowest BCUT2D eigenvalue weighted by molar-refractivity contribution is -0.135. The Kier molecular flexibility index (Phi) is 4.79. The average molecular weight is 343 g/mol. The van der Waals surface area contributed by atoms with E-state index in [0.29, 0.717) is 12.3 Å². The Balaban J connectivity index is 1.76. The third kappa shape index (κ3) is 3.38. The second-order valence-electron chi connectivity index (χ2n) is 7.04. The molecule has 0 radical (unpaired) electrons. The molecule has 1 aliphatic heterocycles. The van der Waals surface area contributed by atoms with Crippen molar-refractivity contribution < 1.29 is 14.4 Å². The van der Waals surface area contributed by atoms with Crippen molar-refractivity contribution in [2.75, 3.05) is 6.54 Å². The van der Waals surface area contributed by atoms with Crippen molar-refractivity contribution in [3.05, 3.63) is 35.9 Å². The van der Waals surface area contributed by atoms with Crippen LogP contribution in [-0.2, 0) is 15.1 Å². The van der Waals surface area contributed by atoms with Gasteiger partial charge in [0.25, 0.3) is 5.91 Å². The van der Waals surface area contributed by atoms with Crippen molar-refractivity contribution in [3.8, 4) is 0 Å². The summed E-state index contributed by atoms with van der Waals surface area (Å²) >= 11 is 0. The molecule has 1 aromatic rings. The van der Waals surface area contributed by atoms with Gasteiger partial charge in [-0.2, -0.15) is 0 Å². The maximum absolute atomic E-state index is 13.1. The van der Waals surface area contributed by atoms with Gasteiger partial charge in [-0.05, 0) is 37.7 Å². The second kappa shape index (κ2) is 6.86. The van der Waals surface area contributed by atoms with Crippen molar-refractivity contribution >= 4 is 17.8 Å². The second-order valence-corrected chi connectivity index (χ2v) is 7.04. The van der Waals surface area contributed by atoms with Gasteiger partial charge in [0.05, 0.1) is 0 Å². The Morgan fingerprint density at radius 1 is 1.32 bits per heavy atom. The van der Waals surface area contributed by atoms with Gasteiger partial charge < -0.3 is 10.6 Å². The summed E-state index contributed by atoms with van der Waals surface area (Å²) in [4.78, 5) is 38.8. The van der Waals surface area contributed by atoms with E-state index in [2.05, 4.69) is 10.6 Å². The van der Waals surface area contributed by atoms with Crippen LogP contribution in [0, 0.1) is 5.92 Å². The summed E-state index contributed by atoms with van der Waals surface area (Å²) in [5.74, 6) is -0.112. The fraction of sp³-hybridized carbons (Fsp3) is 0.526. The van der Waals surface area contributed by atoms with Gasteiger partial charge in [-0.25, -0.2) is 4.79 Å². The molecule has 2 fully saturated rings. The third-order valence-corrected chi connectivity index (χ3v) is 5.09. The minimum atomic E-state index is -1.07. The maximum Gasteiger partial charge on any atom is 0.325 e. The van der Waals surface area contributed by atoms with Crippen LogP contribution in [0.1, 0.15) is 45.1 Å². The normalized spacial score (nSPS) is 24.2. The van der Waals surface area contributed by atoms with E-state index < -0.39 is 11.6 Å². The number of carbonyl (C=O) groups excluding carboxylic acids is 3. The molecule has 0 unspecified atom stereocenters. The molecule has 3 rings (SSSR count). The van der Waals surface area contributed by atoms with Crippen molar-refractivity contribution in [2.45, 2.75) is 51.1 Å². The van der Waals surface area contributed by atoms with Crippen LogP contribution in [0.5, 0.6) is 0 Å². The summed E-state index contributed by atoms with van der Waals surface area (Å²) in [6.45, 7) is 3.70. The molecule has 1 aliphatic carbocycles. The van der Waals surface area contributed by atoms with Gasteiger partial charge in [0.1, 0.15) is 12.1 Å². The molecule has 4 amide bonds. The lowest BCUT2D eigenvalue weighted by atomic mass is 9.85. The van der Waals surface area contributed by atoms with Crippen molar-refractivity contribution in [2.24, 2.45) is 5.92 Å². The number of benzene rings is 1. The molecule has 2 aliphatic rings. The number of nitrogens with zero attached hydrogens (tertiary/aromatic N) is 1. The number of rotatable bonds is 7. The van der Waals surface area contributed by atoms with E-state index in [1.165, 1.54) is 0 Å². The Labute approximate surface area is 148 Å². The first kappa shape index (κ1) is 17.5. The number of hydrogen-bond donors (Lipinski definition) is 2. The minimum Gasteiger partial charge on any atom is -0.352 e. The largest absolute Gasteiger partial charge is 0.352 e. The molecule has 25 heavy (non-hydrogen) atoms. The molecule has 0 bridgehead atoms. The highest BCUT2D eigenvalue weighted by Gasteiger charge is 2.52. The first-order valence-corrected chi connectivity index (χ1v) is 8.97. The topological polar surface area (TPSA) is 78.5 Å². The first-order valence-electron chi connectivity index (χ1n) is 8.97. The first-order chi connectivity index (χ1) is 12.0. The average Bonchev–Trinajstić information content (AvgIpc) is 3.41. The number of carbonyl (C=O) groups is 3. The smallest absolute Gasteiger partial charge is 0.325 e. The SMILES string of the molecule is CCC[C@]1(c2ccccc2)NC(=O)N(CC(=O)N[C@@H](C)C2CC2)C1=O. The number of nitrogens with one attached hydrogen (secondary N) is 2. The van der Waals surface area contributed by atoms with Gasteiger partial charge in [0.15, 0.2) is 0 Å². The van der Waals surface area contributed by atoms with Crippen LogP contribution < -0.4 is 10.6 Å². The summed E-state index contributed by atoms with van der Waals surface area (Å²) in [5.41, 5.74) is -0.320. The summed E-state index contributed by atoms with van der Waals surface area (Å²) in [7, 11) is 0. The quantitative estimate of drug-likeness (QED) is 0.745. The zero-order chi connectivity index (χ0) is 18.0. The van der Waals surface area contributed by atoms with Crippen LogP contribution in [0.2, 0.25) is 0 Å². The molecule has 134 valence electrons. The number of hydrogen-bond acceptors (Lipinski definition) is 3. The van der Waals surface area contributed by atoms with E-state index in [0.717, 1.165) is 29.7 Å². The number of urea groups is 1. The molecule has 0 spiro atoms. The summed E-state index contributed by atoms with van der Waals surface area (Å²) in [5, 5.41) is 5.73. The molecule has 2 N–H and O–H groups in total. The fourth-order valence-corrected chi connectivity index (χ4v) is 3.53. The highest BCUT2D eigenvalue weighted by Crippen LogP contribution is 2.34. The monoisotopic (exact) mass is 343 g/mol.